The maximum absolute atomic E-state index is 13.8. The Kier molecular flexibility index (Phi) is 3.62. The number of carbonyl (C=O) groups excluding carboxylic acids is 1. The van der Waals surface area contributed by atoms with E-state index in [-0.39, 0.29) is 19.1 Å². The number of amides is 1. The van der Waals surface area contributed by atoms with Gasteiger partial charge in [0.15, 0.2) is 0 Å². The number of carbonyl (C=O) groups is 1. The summed E-state index contributed by atoms with van der Waals surface area (Å²) in [5.74, 6) is -0.694. The zero-order valence-corrected chi connectivity index (χ0v) is 10.1. The third-order valence-corrected chi connectivity index (χ3v) is 2.92. The monoisotopic (exact) mass is 250 g/mol. The predicted octanol–water partition coefficient (Wildman–Crippen LogP) is 1.76. The van der Waals surface area contributed by atoms with Crippen LogP contribution in [0.5, 0.6) is 0 Å². The second kappa shape index (κ2) is 5.18. The fourth-order valence-electron chi connectivity index (χ4n) is 2.00. The van der Waals surface area contributed by atoms with Gasteiger partial charge < -0.3 is 15.0 Å². The number of benzene rings is 1. The van der Waals surface area contributed by atoms with Crippen molar-refractivity contribution < 1.29 is 14.3 Å². The van der Waals surface area contributed by atoms with Crippen LogP contribution in [-0.4, -0.2) is 40.6 Å². The lowest BCUT2D eigenvalue weighted by molar-refractivity contribution is 0.0733. The van der Waals surface area contributed by atoms with Gasteiger partial charge in [-0.3, -0.25) is 4.79 Å². The molecule has 4 nitrogen and oxygen atoms in total. The average Bonchev–Trinajstić information content (AvgIpc) is 2.80. The second-order valence-corrected chi connectivity index (χ2v) is 3.97. The summed E-state index contributed by atoms with van der Waals surface area (Å²) in [4.78, 5) is 16.6. The Morgan fingerprint density at radius 3 is 2.94 bits per heavy atom. The van der Waals surface area contributed by atoms with Gasteiger partial charge in [-0.05, 0) is 19.1 Å². The van der Waals surface area contributed by atoms with E-state index in [9.17, 15) is 9.18 Å². The number of aliphatic hydroxyl groups excluding tert-OH is 1. The molecule has 0 radical (unpaired) electrons. The molecule has 2 aromatic rings. The minimum absolute atomic E-state index is 0.107. The Morgan fingerprint density at radius 2 is 2.28 bits per heavy atom. The Labute approximate surface area is 104 Å². The molecule has 0 atom stereocenters. The van der Waals surface area contributed by atoms with Crippen LogP contribution in [0.25, 0.3) is 10.9 Å². The maximum Gasteiger partial charge on any atom is 0.256 e. The molecule has 0 spiro atoms. The van der Waals surface area contributed by atoms with Gasteiger partial charge in [-0.25, -0.2) is 4.39 Å². The van der Waals surface area contributed by atoms with Crippen LogP contribution >= 0.6 is 0 Å². The molecule has 2 rings (SSSR count). The lowest BCUT2D eigenvalue weighted by Crippen LogP contribution is -2.33. The van der Waals surface area contributed by atoms with Crippen molar-refractivity contribution in [1.29, 1.82) is 0 Å². The summed E-state index contributed by atoms with van der Waals surface area (Å²) in [5.41, 5.74) is 0.900. The summed E-state index contributed by atoms with van der Waals surface area (Å²) in [6, 6.07) is 4.64. The van der Waals surface area contributed by atoms with E-state index in [2.05, 4.69) is 4.98 Å². The summed E-state index contributed by atoms with van der Waals surface area (Å²) < 4.78 is 13.8. The number of fused-ring (bicyclic) bond motifs is 1. The molecule has 1 heterocycles. The summed E-state index contributed by atoms with van der Waals surface area (Å²) in [5, 5.41) is 9.21. The van der Waals surface area contributed by atoms with Crippen LogP contribution in [0.3, 0.4) is 0 Å². The highest BCUT2D eigenvalue weighted by Crippen LogP contribution is 2.22. The number of hydrogen-bond donors (Lipinski definition) is 2. The largest absolute Gasteiger partial charge is 0.395 e. The Bertz CT molecular complexity index is 565. The van der Waals surface area contributed by atoms with Crippen molar-refractivity contribution in [2.45, 2.75) is 6.92 Å². The molecular formula is C13H15FN2O2. The highest BCUT2D eigenvalue weighted by molar-refractivity contribution is 6.06. The fraction of sp³-hybridized carbons (Fsp3) is 0.308. The second-order valence-electron chi connectivity index (χ2n) is 3.97. The SMILES string of the molecule is CCN(CCO)C(=O)c1c[nH]c2cccc(F)c12. The van der Waals surface area contributed by atoms with Gasteiger partial charge in [-0.15, -0.1) is 0 Å². The first-order valence-corrected chi connectivity index (χ1v) is 5.84. The molecule has 0 aliphatic rings. The molecule has 1 aromatic heterocycles. The highest BCUT2D eigenvalue weighted by Gasteiger charge is 2.19. The van der Waals surface area contributed by atoms with Gasteiger partial charge in [-0.1, -0.05) is 6.07 Å². The quantitative estimate of drug-likeness (QED) is 0.868. The van der Waals surface area contributed by atoms with Crippen molar-refractivity contribution in [3.05, 3.63) is 35.8 Å². The Balaban J connectivity index is 2.44. The van der Waals surface area contributed by atoms with Gasteiger partial charge in [0.05, 0.1) is 12.2 Å². The average molecular weight is 250 g/mol. The van der Waals surface area contributed by atoms with Gasteiger partial charge in [0.25, 0.3) is 5.91 Å². The van der Waals surface area contributed by atoms with Crippen LogP contribution in [0.1, 0.15) is 17.3 Å². The molecule has 5 heteroatoms. The van der Waals surface area contributed by atoms with Crippen LogP contribution < -0.4 is 0 Å². The van der Waals surface area contributed by atoms with Gasteiger partial charge in [0, 0.05) is 30.2 Å². The molecule has 2 N–H and O–H groups in total. The number of rotatable bonds is 4. The first-order chi connectivity index (χ1) is 8.69. The molecule has 0 unspecified atom stereocenters. The normalized spacial score (nSPS) is 10.8. The van der Waals surface area contributed by atoms with E-state index in [0.29, 0.717) is 23.0 Å². The predicted molar refractivity (Wildman–Crippen MR) is 66.9 cm³/mol. The van der Waals surface area contributed by atoms with Crippen molar-refractivity contribution in [3.8, 4) is 0 Å². The highest BCUT2D eigenvalue weighted by atomic mass is 19.1. The minimum Gasteiger partial charge on any atom is -0.395 e. The first kappa shape index (κ1) is 12.6. The Morgan fingerprint density at radius 1 is 1.50 bits per heavy atom. The standard InChI is InChI=1S/C13H15FN2O2/c1-2-16(6-7-17)13(18)9-8-15-11-5-3-4-10(14)12(9)11/h3-5,8,15,17H,2,6-7H2,1H3. The number of likely N-dealkylation sites (N-methyl/N-ethyl adjacent to an activating group) is 1. The van der Waals surface area contributed by atoms with Gasteiger partial charge in [0.2, 0.25) is 0 Å². The first-order valence-electron chi connectivity index (χ1n) is 5.84. The number of nitrogens with one attached hydrogen (secondary N) is 1. The molecule has 0 fully saturated rings. The number of aliphatic hydroxyl groups is 1. The van der Waals surface area contributed by atoms with Crippen LogP contribution in [0.4, 0.5) is 4.39 Å². The fourth-order valence-corrected chi connectivity index (χ4v) is 2.00. The third-order valence-electron chi connectivity index (χ3n) is 2.92. The van der Waals surface area contributed by atoms with Crippen LogP contribution in [0, 0.1) is 5.82 Å². The van der Waals surface area contributed by atoms with Crippen LogP contribution in [0.15, 0.2) is 24.4 Å². The van der Waals surface area contributed by atoms with Gasteiger partial charge in [-0.2, -0.15) is 0 Å². The topological polar surface area (TPSA) is 56.3 Å². The molecule has 0 bridgehead atoms. The summed E-state index contributed by atoms with van der Waals surface area (Å²) >= 11 is 0. The number of H-pyrrole nitrogens is 1. The summed E-state index contributed by atoms with van der Waals surface area (Å²) in [6.45, 7) is 2.43. The smallest absolute Gasteiger partial charge is 0.256 e. The maximum atomic E-state index is 13.8. The molecule has 0 aliphatic carbocycles. The number of aromatic amines is 1. The van der Waals surface area contributed by atoms with E-state index in [1.165, 1.54) is 17.2 Å². The molecular weight excluding hydrogens is 235 g/mol. The summed E-state index contributed by atoms with van der Waals surface area (Å²) in [6.07, 6.45) is 1.51. The molecule has 1 aromatic carbocycles. The van der Waals surface area contributed by atoms with Crippen molar-refractivity contribution in [2.75, 3.05) is 19.7 Å². The zero-order chi connectivity index (χ0) is 13.1. The van der Waals surface area contributed by atoms with E-state index >= 15 is 0 Å². The van der Waals surface area contributed by atoms with Gasteiger partial charge >= 0.3 is 0 Å². The molecule has 96 valence electrons. The molecule has 0 saturated heterocycles. The van der Waals surface area contributed by atoms with E-state index in [0.717, 1.165) is 0 Å². The number of halogens is 1. The summed E-state index contributed by atoms with van der Waals surface area (Å²) in [7, 11) is 0. The van der Waals surface area contributed by atoms with E-state index in [1.54, 1.807) is 12.1 Å². The van der Waals surface area contributed by atoms with Crippen molar-refractivity contribution in [2.24, 2.45) is 0 Å². The minimum atomic E-state index is -0.419. The molecule has 0 saturated carbocycles. The van der Waals surface area contributed by atoms with Gasteiger partial charge in [0.1, 0.15) is 5.82 Å². The van der Waals surface area contributed by atoms with Crippen LogP contribution in [-0.2, 0) is 0 Å². The lowest BCUT2D eigenvalue weighted by Gasteiger charge is -2.19. The van der Waals surface area contributed by atoms with Crippen LogP contribution in [0.2, 0.25) is 0 Å². The number of hydrogen-bond acceptors (Lipinski definition) is 2. The Hall–Kier alpha value is -1.88. The zero-order valence-electron chi connectivity index (χ0n) is 10.1. The third kappa shape index (κ3) is 2.09. The number of aromatic nitrogens is 1. The molecule has 18 heavy (non-hydrogen) atoms. The van der Waals surface area contributed by atoms with Crippen molar-refractivity contribution in [3.63, 3.8) is 0 Å². The van der Waals surface area contributed by atoms with E-state index < -0.39 is 5.82 Å². The van der Waals surface area contributed by atoms with Crippen molar-refractivity contribution in [1.82, 2.24) is 9.88 Å². The van der Waals surface area contributed by atoms with Crippen molar-refractivity contribution >= 4 is 16.8 Å². The van der Waals surface area contributed by atoms with E-state index in [1.807, 2.05) is 6.92 Å². The van der Waals surface area contributed by atoms with E-state index in [4.69, 9.17) is 5.11 Å². The molecule has 0 aliphatic heterocycles. The number of nitrogens with zero attached hydrogens (tertiary/aromatic N) is 1. The lowest BCUT2D eigenvalue weighted by atomic mass is 10.1. The molecule has 1 amide bonds.